The van der Waals surface area contributed by atoms with E-state index in [9.17, 15) is 9.59 Å². The van der Waals surface area contributed by atoms with Crippen molar-refractivity contribution < 1.29 is 14.3 Å². The highest BCUT2D eigenvalue weighted by Gasteiger charge is 2.05. The van der Waals surface area contributed by atoms with Crippen LogP contribution in [0.15, 0.2) is 48.5 Å². The van der Waals surface area contributed by atoms with Gasteiger partial charge in [0.05, 0.1) is 13.2 Å². The first-order chi connectivity index (χ1) is 15.1. The molecule has 0 bridgehead atoms. The average Bonchev–Trinajstić information content (AvgIpc) is 2.76. The van der Waals surface area contributed by atoms with Crippen molar-refractivity contribution in [2.45, 2.75) is 58.8 Å². The number of hydrogen-bond donors (Lipinski definition) is 3. The third kappa shape index (κ3) is 10.0. The van der Waals surface area contributed by atoms with Crippen molar-refractivity contribution in [2.75, 3.05) is 29.1 Å². The standard InChI is InChI=1S/C25H35N3O3/c1-3-5-6-7-8-17-31-23-12-9-11-22(18-23)26-19-25(30)28-21-15-13-20(14-16-21)27-24(29)10-4-2/h9,11-16,18,26H,3-8,10,17,19H2,1-2H3,(H,27,29)(H,28,30). The SMILES string of the molecule is CCCCCCCOc1cccc(NCC(=O)Nc2ccc(NC(=O)CCC)cc2)c1. The summed E-state index contributed by atoms with van der Waals surface area (Å²) in [6.45, 7) is 5.03. The second-order valence-corrected chi connectivity index (χ2v) is 7.57. The predicted octanol–water partition coefficient (Wildman–Crippen LogP) is 5.83. The Morgan fingerprint density at radius 2 is 1.45 bits per heavy atom. The van der Waals surface area contributed by atoms with Gasteiger partial charge >= 0.3 is 0 Å². The van der Waals surface area contributed by atoms with Gasteiger partial charge in [-0.05, 0) is 49.2 Å². The monoisotopic (exact) mass is 425 g/mol. The molecule has 0 aromatic heterocycles. The molecule has 0 atom stereocenters. The van der Waals surface area contributed by atoms with Crippen LogP contribution in [-0.2, 0) is 9.59 Å². The van der Waals surface area contributed by atoms with Crippen molar-refractivity contribution in [1.82, 2.24) is 0 Å². The van der Waals surface area contributed by atoms with Crippen molar-refractivity contribution in [3.63, 3.8) is 0 Å². The summed E-state index contributed by atoms with van der Waals surface area (Å²) in [5.74, 6) is 0.651. The first-order valence-corrected chi connectivity index (χ1v) is 11.3. The van der Waals surface area contributed by atoms with Gasteiger partial charge in [-0.3, -0.25) is 9.59 Å². The van der Waals surface area contributed by atoms with Gasteiger partial charge in [-0.2, -0.15) is 0 Å². The minimum atomic E-state index is -0.148. The zero-order valence-electron chi connectivity index (χ0n) is 18.7. The quantitative estimate of drug-likeness (QED) is 0.333. The fourth-order valence-electron chi connectivity index (χ4n) is 3.07. The van der Waals surface area contributed by atoms with Gasteiger partial charge in [-0.15, -0.1) is 0 Å². The lowest BCUT2D eigenvalue weighted by Gasteiger charge is -2.11. The van der Waals surface area contributed by atoms with Crippen LogP contribution in [0.1, 0.15) is 58.8 Å². The van der Waals surface area contributed by atoms with Gasteiger partial charge in [0.15, 0.2) is 0 Å². The highest BCUT2D eigenvalue weighted by Crippen LogP contribution is 2.18. The molecule has 0 aliphatic heterocycles. The van der Waals surface area contributed by atoms with Crippen LogP contribution in [0, 0.1) is 0 Å². The van der Waals surface area contributed by atoms with E-state index in [-0.39, 0.29) is 18.4 Å². The predicted molar refractivity (Wildman–Crippen MR) is 128 cm³/mol. The van der Waals surface area contributed by atoms with Crippen LogP contribution in [0.25, 0.3) is 0 Å². The van der Waals surface area contributed by atoms with E-state index in [1.165, 1.54) is 25.7 Å². The summed E-state index contributed by atoms with van der Waals surface area (Å²) in [5, 5.41) is 8.80. The van der Waals surface area contributed by atoms with E-state index < -0.39 is 0 Å². The summed E-state index contributed by atoms with van der Waals surface area (Å²) < 4.78 is 5.81. The molecule has 0 unspecified atom stereocenters. The number of carbonyl (C=O) groups is 2. The Morgan fingerprint density at radius 1 is 0.774 bits per heavy atom. The Hall–Kier alpha value is -3.02. The Bertz CT molecular complexity index is 806. The van der Waals surface area contributed by atoms with Gasteiger partial charge in [0.1, 0.15) is 5.75 Å². The Kier molecular flexibility index (Phi) is 11.0. The van der Waals surface area contributed by atoms with Crippen LogP contribution in [-0.4, -0.2) is 25.0 Å². The number of benzene rings is 2. The van der Waals surface area contributed by atoms with Gasteiger partial charge in [0.25, 0.3) is 0 Å². The lowest BCUT2D eigenvalue weighted by Crippen LogP contribution is -2.21. The molecule has 3 N–H and O–H groups in total. The van der Waals surface area contributed by atoms with Crippen molar-refractivity contribution in [1.29, 1.82) is 0 Å². The van der Waals surface area contributed by atoms with E-state index >= 15 is 0 Å². The van der Waals surface area contributed by atoms with Crippen molar-refractivity contribution >= 4 is 28.9 Å². The van der Waals surface area contributed by atoms with E-state index in [0.29, 0.717) is 18.7 Å². The molecule has 2 amide bonds. The molecule has 0 heterocycles. The third-order valence-corrected chi connectivity index (χ3v) is 4.73. The maximum atomic E-state index is 12.2. The lowest BCUT2D eigenvalue weighted by molar-refractivity contribution is -0.116. The lowest BCUT2D eigenvalue weighted by atomic mass is 10.2. The summed E-state index contributed by atoms with van der Waals surface area (Å²) in [6, 6.07) is 14.8. The maximum absolute atomic E-state index is 12.2. The molecule has 0 saturated heterocycles. The van der Waals surface area contributed by atoms with Gasteiger partial charge in [0, 0.05) is 29.5 Å². The number of ether oxygens (including phenoxy) is 1. The Labute approximate surface area is 185 Å². The zero-order valence-corrected chi connectivity index (χ0v) is 18.7. The minimum Gasteiger partial charge on any atom is -0.494 e. The van der Waals surface area contributed by atoms with Crippen molar-refractivity contribution in [3.8, 4) is 5.75 Å². The molecule has 0 aliphatic carbocycles. The molecule has 2 aromatic carbocycles. The third-order valence-electron chi connectivity index (χ3n) is 4.73. The average molecular weight is 426 g/mol. The maximum Gasteiger partial charge on any atom is 0.243 e. The molecule has 2 rings (SSSR count). The van der Waals surface area contributed by atoms with E-state index in [4.69, 9.17) is 4.74 Å². The highest BCUT2D eigenvalue weighted by atomic mass is 16.5. The van der Waals surface area contributed by atoms with Crippen LogP contribution < -0.4 is 20.7 Å². The van der Waals surface area contributed by atoms with E-state index in [1.54, 1.807) is 24.3 Å². The van der Waals surface area contributed by atoms with Gasteiger partial charge in [-0.1, -0.05) is 45.6 Å². The second kappa shape index (κ2) is 14.1. The normalized spacial score (nSPS) is 10.4. The smallest absolute Gasteiger partial charge is 0.243 e. The van der Waals surface area contributed by atoms with E-state index in [1.807, 2.05) is 31.2 Å². The number of nitrogens with one attached hydrogen (secondary N) is 3. The van der Waals surface area contributed by atoms with Crippen LogP contribution in [0.5, 0.6) is 5.75 Å². The van der Waals surface area contributed by atoms with Crippen LogP contribution in [0.3, 0.4) is 0 Å². The highest BCUT2D eigenvalue weighted by molar-refractivity contribution is 5.94. The molecule has 0 saturated carbocycles. The Balaban J connectivity index is 1.72. The van der Waals surface area contributed by atoms with Crippen LogP contribution in [0.2, 0.25) is 0 Å². The van der Waals surface area contributed by atoms with Gasteiger partial charge in [0.2, 0.25) is 11.8 Å². The molecule has 0 radical (unpaired) electrons. The number of rotatable bonds is 14. The fourth-order valence-corrected chi connectivity index (χ4v) is 3.07. The molecule has 2 aromatic rings. The van der Waals surface area contributed by atoms with E-state index in [0.717, 1.165) is 30.0 Å². The largest absolute Gasteiger partial charge is 0.494 e. The molecular formula is C25H35N3O3. The topological polar surface area (TPSA) is 79.5 Å². The number of unbranched alkanes of at least 4 members (excludes halogenated alkanes) is 4. The number of anilines is 3. The molecule has 168 valence electrons. The fraction of sp³-hybridized carbons (Fsp3) is 0.440. The van der Waals surface area contributed by atoms with Gasteiger partial charge in [-0.25, -0.2) is 0 Å². The van der Waals surface area contributed by atoms with Crippen LogP contribution >= 0.6 is 0 Å². The minimum absolute atomic E-state index is 0.00816. The van der Waals surface area contributed by atoms with Gasteiger partial charge < -0.3 is 20.7 Å². The first kappa shape index (κ1) is 24.3. The van der Waals surface area contributed by atoms with Crippen molar-refractivity contribution in [2.24, 2.45) is 0 Å². The molecular weight excluding hydrogens is 390 g/mol. The molecule has 31 heavy (non-hydrogen) atoms. The molecule has 0 aliphatic rings. The first-order valence-electron chi connectivity index (χ1n) is 11.3. The summed E-state index contributed by atoms with van der Waals surface area (Å²) in [7, 11) is 0. The molecule has 0 fully saturated rings. The number of carbonyl (C=O) groups excluding carboxylic acids is 2. The molecule has 0 spiro atoms. The zero-order chi connectivity index (χ0) is 22.3. The number of amides is 2. The summed E-state index contributed by atoms with van der Waals surface area (Å²) in [6.07, 6.45) is 7.33. The van der Waals surface area contributed by atoms with E-state index in [2.05, 4.69) is 22.9 Å². The van der Waals surface area contributed by atoms with Crippen molar-refractivity contribution in [3.05, 3.63) is 48.5 Å². The summed E-state index contributed by atoms with van der Waals surface area (Å²) in [4.78, 5) is 23.9. The summed E-state index contributed by atoms with van der Waals surface area (Å²) in [5.41, 5.74) is 2.24. The number of hydrogen-bond acceptors (Lipinski definition) is 4. The second-order valence-electron chi connectivity index (χ2n) is 7.57. The molecule has 6 heteroatoms. The summed E-state index contributed by atoms with van der Waals surface area (Å²) >= 11 is 0. The Morgan fingerprint density at radius 3 is 2.13 bits per heavy atom. The van der Waals surface area contributed by atoms with Crippen LogP contribution in [0.4, 0.5) is 17.1 Å². The molecule has 6 nitrogen and oxygen atoms in total.